The number of aliphatic carboxylic acids is 1. The second-order valence-electron chi connectivity index (χ2n) is 5.09. The Labute approximate surface area is 157 Å². The quantitative estimate of drug-likeness (QED) is 0.614. The summed E-state index contributed by atoms with van der Waals surface area (Å²) in [5, 5.41) is 12.3. The zero-order chi connectivity index (χ0) is 18.7. The molecular formula is C18H11Cl2NO5. The summed E-state index contributed by atoms with van der Waals surface area (Å²) in [6.45, 7) is 0. The number of carboxylic acids is 1. The number of carboxylic acid groups (broad SMARTS) is 1. The molecule has 0 aliphatic carbocycles. The minimum Gasteiger partial charge on any atom is -0.477 e. The zero-order valence-electron chi connectivity index (χ0n) is 13.0. The van der Waals surface area contributed by atoms with Crippen molar-refractivity contribution < 1.29 is 23.5 Å². The third-order valence-electron chi connectivity index (χ3n) is 3.35. The molecule has 0 spiro atoms. The lowest BCUT2D eigenvalue weighted by molar-refractivity contribution is -0.132. The van der Waals surface area contributed by atoms with Crippen LogP contribution >= 0.6 is 23.2 Å². The number of benzene rings is 1. The normalized spacial score (nSPS) is 11.4. The standard InChI is InChI=1S/C18H11Cl2NO5/c19-11-3-1-4-12(20)16(11)14-7-6-10(26-14)9-13(18(23)24)21-17(22)15-5-2-8-25-15/h1-9H,(H,21,22)(H,23,24)/b13-9-. The number of hydrogen-bond donors (Lipinski definition) is 2. The zero-order valence-corrected chi connectivity index (χ0v) is 14.5. The molecule has 0 unspecified atom stereocenters. The first kappa shape index (κ1) is 17.8. The highest BCUT2D eigenvalue weighted by atomic mass is 35.5. The monoisotopic (exact) mass is 391 g/mol. The van der Waals surface area contributed by atoms with Crippen molar-refractivity contribution in [3.8, 4) is 11.3 Å². The molecule has 2 N–H and O–H groups in total. The van der Waals surface area contributed by atoms with Crippen molar-refractivity contribution in [2.24, 2.45) is 0 Å². The van der Waals surface area contributed by atoms with Gasteiger partial charge in [0, 0.05) is 6.08 Å². The van der Waals surface area contributed by atoms with E-state index in [2.05, 4.69) is 5.32 Å². The maximum Gasteiger partial charge on any atom is 0.352 e. The van der Waals surface area contributed by atoms with Gasteiger partial charge in [-0.2, -0.15) is 0 Å². The van der Waals surface area contributed by atoms with Gasteiger partial charge < -0.3 is 19.3 Å². The van der Waals surface area contributed by atoms with Gasteiger partial charge in [-0.25, -0.2) is 4.79 Å². The first-order valence-electron chi connectivity index (χ1n) is 7.30. The van der Waals surface area contributed by atoms with Gasteiger partial charge in [0.25, 0.3) is 5.91 Å². The molecule has 2 aromatic heterocycles. The number of furan rings is 2. The van der Waals surface area contributed by atoms with Crippen LogP contribution in [0.4, 0.5) is 0 Å². The number of halogens is 2. The highest BCUT2D eigenvalue weighted by Gasteiger charge is 2.17. The second kappa shape index (κ2) is 7.51. The Morgan fingerprint density at radius 3 is 2.38 bits per heavy atom. The van der Waals surface area contributed by atoms with Crippen LogP contribution in [-0.2, 0) is 4.79 Å². The SMILES string of the molecule is O=C(O)/C(=C/c1ccc(-c2c(Cl)cccc2Cl)o1)NC(=O)c1ccco1. The molecule has 0 aliphatic rings. The first-order chi connectivity index (χ1) is 12.5. The van der Waals surface area contributed by atoms with Gasteiger partial charge in [-0.15, -0.1) is 0 Å². The van der Waals surface area contributed by atoms with Crippen molar-refractivity contribution in [3.05, 3.63) is 76.0 Å². The van der Waals surface area contributed by atoms with Crippen LogP contribution in [0.25, 0.3) is 17.4 Å². The van der Waals surface area contributed by atoms with Crippen LogP contribution in [0.15, 0.2) is 63.3 Å². The molecule has 0 radical (unpaired) electrons. The van der Waals surface area contributed by atoms with Crippen LogP contribution in [0.3, 0.4) is 0 Å². The van der Waals surface area contributed by atoms with Crippen molar-refractivity contribution in [2.45, 2.75) is 0 Å². The topological polar surface area (TPSA) is 92.7 Å². The van der Waals surface area contributed by atoms with Crippen molar-refractivity contribution in [1.82, 2.24) is 5.32 Å². The average Bonchev–Trinajstić information content (AvgIpc) is 3.26. The molecule has 26 heavy (non-hydrogen) atoms. The number of rotatable bonds is 5. The summed E-state index contributed by atoms with van der Waals surface area (Å²) in [6, 6.07) is 11.1. The molecule has 132 valence electrons. The highest BCUT2D eigenvalue weighted by Crippen LogP contribution is 2.35. The van der Waals surface area contributed by atoms with Crippen LogP contribution in [0.2, 0.25) is 10.0 Å². The minimum atomic E-state index is -1.33. The summed E-state index contributed by atoms with van der Waals surface area (Å²) in [7, 11) is 0. The number of nitrogens with one attached hydrogen (secondary N) is 1. The number of amides is 1. The van der Waals surface area contributed by atoms with Crippen LogP contribution in [0, 0.1) is 0 Å². The highest BCUT2D eigenvalue weighted by molar-refractivity contribution is 6.39. The molecule has 1 aromatic carbocycles. The van der Waals surface area contributed by atoms with Gasteiger partial charge in [0.2, 0.25) is 0 Å². The fourth-order valence-electron chi connectivity index (χ4n) is 2.18. The van der Waals surface area contributed by atoms with Gasteiger partial charge in [-0.3, -0.25) is 4.79 Å². The smallest absolute Gasteiger partial charge is 0.352 e. The van der Waals surface area contributed by atoms with E-state index in [1.54, 1.807) is 24.3 Å². The fourth-order valence-corrected chi connectivity index (χ4v) is 2.77. The molecule has 3 rings (SSSR count). The molecule has 0 atom stereocenters. The van der Waals surface area contributed by atoms with Gasteiger partial charge in [0.15, 0.2) is 5.76 Å². The number of carbonyl (C=O) groups excluding carboxylic acids is 1. The minimum absolute atomic E-state index is 0.0138. The van der Waals surface area contributed by atoms with Gasteiger partial charge in [-0.1, -0.05) is 29.3 Å². The number of hydrogen-bond acceptors (Lipinski definition) is 4. The summed E-state index contributed by atoms with van der Waals surface area (Å²) in [5.74, 6) is -1.47. The first-order valence-corrected chi connectivity index (χ1v) is 8.05. The van der Waals surface area contributed by atoms with Gasteiger partial charge >= 0.3 is 5.97 Å². The van der Waals surface area contributed by atoms with Crippen LogP contribution in [-0.4, -0.2) is 17.0 Å². The van der Waals surface area contributed by atoms with Crippen LogP contribution in [0.5, 0.6) is 0 Å². The third kappa shape index (κ3) is 3.82. The Hall–Kier alpha value is -2.96. The van der Waals surface area contributed by atoms with Gasteiger partial charge in [0.05, 0.1) is 21.9 Å². The third-order valence-corrected chi connectivity index (χ3v) is 3.98. The Bertz CT molecular complexity index is 969. The van der Waals surface area contributed by atoms with E-state index in [9.17, 15) is 14.7 Å². The molecule has 6 nitrogen and oxygen atoms in total. The lowest BCUT2D eigenvalue weighted by Gasteiger charge is -2.04. The maximum absolute atomic E-state index is 12.0. The predicted octanol–water partition coefficient (Wildman–Crippen LogP) is 4.70. The van der Waals surface area contributed by atoms with Crippen LogP contribution in [0.1, 0.15) is 16.3 Å². The molecule has 0 aliphatic heterocycles. The lowest BCUT2D eigenvalue weighted by atomic mass is 10.2. The summed E-state index contributed by atoms with van der Waals surface area (Å²) < 4.78 is 10.5. The van der Waals surface area contributed by atoms with Crippen molar-refractivity contribution >= 4 is 41.2 Å². The summed E-state index contributed by atoms with van der Waals surface area (Å²) in [4.78, 5) is 23.3. The summed E-state index contributed by atoms with van der Waals surface area (Å²) >= 11 is 12.3. The molecule has 2 heterocycles. The summed E-state index contributed by atoms with van der Waals surface area (Å²) in [6.07, 6.45) is 2.49. The molecule has 8 heteroatoms. The largest absolute Gasteiger partial charge is 0.477 e. The molecule has 1 amide bonds. The maximum atomic E-state index is 12.0. The molecule has 0 saturated heterocycles. The molecule has 0 fully saturated rings. The molecular weight excluding hydrogens is 381 g/mol. The van der Waals surface area contributed by atoms with Crippen molar-refractivity contribution in [2.75, 3.05) is 0 Å². The Balaban J connectivity index is 1.89. The number of carbonyl (C=O) groups is 2. The van der Waals surface area contributed by atoms with E-state index >= 15 is 0 Å². The molecule has 3 aromatic rings. The van der Waals surface area contributed by atoms with Gasteiger partial charge in [-0.05, 0) is 36.4 Å². The molecule has 0 saturated carbocycles. The fraction of sp³-hybridized carbons (Fsp3) is 0. The Morgan fingerprint density at radius 1 is 1.04 bits per heavy atom. The average molecular weight is 392 g/mol. The van der Waals surface area contributed by atoms with E-state index in [-0.39, 0.29) is 17.2 Å². The van der Waals surface area contributed by atoms with Crippen molar-refractivity contribution in [3.63, 3.8) is 0 Å². The summed E-state index contributed by atoms with van der Waals surface area (Å²) in [5.41, 5.74) is 0.115. The van der Waals surface area contributed by atoms with E-state index in [4.69, 9.17) is 32.0 Å². The van der Waals surface area contributed by atoms with E-state index in [0.717, 1.165) is 0 Å². The van der Waals surface area contributed by atoms with Crippen molar-refractivity contribution in [1.29, 1.82) is 0 Å². The lowest BCUT2D eigenvalue weighted by Crippen LogP contribution is -2.26. The predicted molar refractivity (Wildman–Crippen MR) is 96.0 cm³/mol. The van der Waals surface area contributed by atoms with Crippen LogP contribution < -0.4 is 5.32 Å². The Morgan fingerprint density at radius 2 is 1.77 bits per heavy atom. The Kier molecular flexibility index (Phi) is 5.16. The van der Waals surface area contributed by atoms with Gasteiger partial charge in [0.1, 0.15) is 17.2 Å². The second-order valence-corrected chi connectivity index (χ2v) is 5.91. The van der Waals surface area contributed by atoms with E-state index < -0.39 is 11.9 Å². The van der Waals surface area contributed by atoms with E-state index in [1.807, 2.05) is 0 Å². The molecule has 0 bridgehead atoms. The van der Waals surface area contributed by atoms with E-state index in [0.29, 0.717) is 21.4 Å². The van der Waals surface area contributed by atoms with E-state index in [1.165, 1.54) is 30.5 Å².